The standard InChI is InChI=1S/C19H25N3O3S/c1-12-7-8-14(13(2)9-12)15-11-26-17(20-15)21-16(23)10-22(6)18(24)25-19(3,4)5/h7-9,11H,10H2,1-6H3,(H,20,21,23). The Morgan fingerprint density at radius 1 is 1.27 bits per heavy atom. The third-order valence-corrected chi connectivity index (χ3v) is 4.25. The Kier molecular flexibility index (Phi) is 6.02. The van der Waals surface area contributed by atoms with E-state index in [4.69, 9.17) is 4.74 Å². The van der Waals surface area contributed by atoms with Crippen LogP contribution in [0.4, 0.5) is 9.93 Å². The van der Waals surface area contributed by atoms with Gasteiger partial charge in [0.2, 0.25) is 5.91 Å². The zero-order valence-electron chi connectivity index (χ0n) is 16.0. The molecule has 0 unspecified atom stereocenters. The number of ether oxygens (including phenoxy) is 1. The first-order valence-corrected chi connectivity index (χ1v) is 9.20. The molecule has 0 aliphatic carbocycles. The molecule has 1 aromatic carbocycles. The summed E-state index contributed by atoms with van der Waals surface area (Å²) in [7, 11) is 1.52. The van der Waals surface area contributed by atoms with Crippen LogP contribution in [-0.4, -0.2) is 41.1 Å². The summed E-state index contributed by atoms with van der Waals surface area (Å²) < 4.78 is 5.23. The molecule has 0 atom stereocenters. The van der Waals surface area contributed by atoms with Crippen molar-refractivity contribution in [2.75, 3.05) is 18.9 Å². The predicted molar refractivity (Wildman–Crippen MR) is 105 cm³/mol. The number of rotatable bonds is 4. The van der Waals surface area contributed by atoms with Gasteiger partial charge in [-0.15, -0.1) is 11.3 Å². The van der Waals surface area contributed by atoms with Gasteiger partial charge in [-0.05, 0) is 40.2 Å². The second kappa shape index (κ2) is 7.86. The molecule has 7 heteroatoms. The van der Waals surface area contributed by atoms with E-state index < -0.39 is 11.7 Å². The van der Waals surface area contributed by atoms with Gasteiger partial charge >= 0.3 is 6.09 Å². The maximum Gasteiger partial charge on any atom is 0.410 e. The van der Waals surface area contributed by atoms with E-state index in [0.29, 0.717) is 5.13 Å². The van der Waals surface area contributed by atoms with Crippen LogP contribution >= 0.6 is 11.3 Å². The van der Waals surface area contributed by atoms with Gasteiger partial charge in [0, 0.05) is 18.0 Å². The molecule has 1 heterocycles. The van der Waals surface area contributed by atoms with Gasteiger partial charge in [0.15, 0.2) is 5.13 Å². The molecule has 0 fully saturated rings. The third kappa shape index (κ3) is 5.56. The van der Waals surface area contributed by atoms with Crippen molar-refractivity contribution in [3.8, 4) is 11.3 Å². The molecule has 0 aliphatic heterocycles. The number of carbonyl (C=O) groups excluding carboxylic acids is 2. The first-order valence-electron chi connectivity index (χ1n) is 8.32. The minimum absolute atomic E-state index is 0.104. The van der Waals surface area contributed by atoms with Crippen molar-refractivity contribution in [2.24, 2.45) is 0 Å². The van der Waals surface area contributed by atoms with Crippen LogP contribution in [0.5, 0.6) is 0 Å². The van der Waals surface area contributed by atoms with Gasteiger partial charge in [0.05, 0.1) is 5.69 Å². The molecule has 0 bridgehead atoms. The van der Waals surface area contributed by atoms with Crippen LogP contribution in [0.3, 0.4) is 0 Å². The second-order valence-corrected chi connectivity index (χ2v) is 8.10. The highest BCUT2D eigenvalue weighted by Crippen LogP contribution is 2.28. The number of benzene rings is 1. The fourth-order valence-corrected chi connectivity index (χ4v) is 3.06. The summed E-state index contributed by atoms with van der Waals surface area (Å²) in [4.78, 5) is 29.8. The van der Waals surface area contributed by atoms with Crippen LogP contribution in [-0.2, 0) is 9.53 Å². The zero-order valence-corrected chi connectivity index (χ0v) is 16.9. The average Bonchev–Trinajstić information content (AvgIpc) is 2.93. The molecule has 1 aromatic heterocycles. The molecule has 0 saturated carbocycles. The van der Waals surface area contributed by atoms with Gasteiger partial charge in [0.25, 0.3) is 0 Å². The van der Waals surface area contributed by atoms with Crippen molar-refractivity contribution in [1.82, 2.24) is 9.88 Å². The molecule has 140 valence electrons. The lowest BCUT2D eigenvalue weighted by Gasteiger charge is -2.24. The number of anilines is 1. The lowest BCUT2D eigenvalue weighted by Crippen LogP contribution is -2.38. The van der Waals surface area contributed by atoms with Crippen molar-refractivity contribution in [1.29, 1.82) is 0 Å². The highest BCUT2D eigenvalue weighted by molar-refractivity contribution is 7.14. The molecule has 0 aliphatic rings. The van der Waals surface area contributed by atoms with Crippen molar-refractivity contribution in [3.63, 3.8) is 0 Å². The number of hydrogen-bond donors (Lipinski definition) is 1. The topological polar surface area (TPSA) is 71.5 Å². The molecule has 2 rings (SSSR count). The number of aryl methyl sites for hydroxylation is 2. The van der Waals surface area contributed by atoms with Crippen LogP contribution in [0.1, 0.15) is 31.9 Å². The van der Waals surface area contributed by atoms with Crippen molar-refractivity contribution >= 4 is 28.5 Å². The number of hydrogen-bond acceptors (Lipinski definition) is 5. The Morgan fingerprint density at radius 3 is 2.58 bits per heavy atom. The maximum atomic E-state index is 12.2. The van der Waals surface area contributed by atoms with E-state index in [1.807, 2.05) is 31.4 Å². The smallest absolute Gasteiger partial charge is 0.410 e. The molecule has 0 radical (unpaired) electrons. The Hall–Kier alpha value is -2.41. The summed E-state index contributed by atoms with van der Waals surface area (Å²) in [6, 6.07) is 6.17. The van der Waals surface area contributed by atoms with Crippen molar-refractivity contribution in [2.45, 2.75) is 40.2 Å². The minimum Gasteiger partial charge on any atom is -0.444 e. The molecule has 2 aromatic rings. The highest BCUT2D eigenvalue weighted by Gasteiger charge is 2.21. The summed E-state index contributed by atoms with van der Waals surface area (Å²) in [6.45, 7) is 9.32. The molecule has 1 N–H and O–H groups in total. The Morgan fingerprint density at radius 2 is 1.96 bits per heavy atom. The number of nitrogens with zero attached hydrogens (tertiary/aromatic N) is 2. The third-order valence-electron chi connectivity index (χ3n) is 3.49. The molecular formula is C19H25N3O3S. The lowest BCUT2D eigenvalue weighted by molar-refractivity contribution is -0.117. The van der Waals surface area contributed by atoms with E-state index in [-0.39, 0.29) is 12.5 Å². The summed E-state index contributed by atoms with van der Waals surface area (Å²) in [5, 5.41) is 5.14. The fraction of sp³-hybridized carbons (Fsp3) is 0.421. The van der Waals surface area contributed by atoms with Gasteiger partial charge in [0.1, 0.15) is 12.1 Å². The average molecular weight is 375 g/mol. The number of likely N-dealkylation sites (N-methyl/N-ethyl adjacent to an activating group) is 1. The zero-order chi connectivity index (χ0) is 19.5. The Labute approximate surface area is 158 Å². The lowest BCUT2D eigenvalue weighted by atomic mass is 10.0. The predicted octanol–water partition coefficient (Wildman–Crippen LogP) is 4.23. The number of thiazole rings is 1. The molecule has 2 amide bonds. The minimum atomic E-state index is -0.599. The van der Waals surface area contributed by atoms with Crippen molar-refractivity contribution in [3.05, 3.63) is 34.7 Å². The van der Waals surface area contributed by atoms with Crippen LogP contribution in [0.25, 0.3) is 11.3 Å². The summed E-state index contributed by atoms with van der Waals surface area (Å²) in [5.41, 5.74) is 3.59. The Bertz CT molecular complexity index is 809. The fourth-order valence-electron chi connectivity index (χ4n) is 2.33. The van der Waals surface area contributed by atoms with E-state index in [0.717, 1.165) is 16.8 Å². The van der Waals surface area contributed by atoms with Crippen LogP contribution in [0, 0.1) is 13.8 Å². The quantitative estimate of drug-likeness (QED) is 0.868. The highest BCUT2D eigenvalue weighted by atomic mass is 32.1. The Balaban J connectivity index is 1.98. The van der Waals surface area contributed by atoms with E-state index in [1.54, 1.807) is 20.8 Å². The normalized spacial score (nSPS) is 11.2. The molecule has 0 spiro atoms. The van der Waals surface area contributed by atoms with Crippen LogP contribution in [0.2, 0.25) is 0 Å². The van der Waals surface area contributed by atoms with Crippen LogP contribution in [0.15, 0.2) is 23.6 Å². The van der Waals surface area contributed by atoms with Gasteiger partial charge in [-0.3, -0.25) is 4.79 Å². The molecule has 0 saturated heterocycles. The summed E-state index contributed by atoms with van der Waals surface area (Å²) in [5.74, 6) is -0.320. The van der Waals surface area contributed by atoms with Crippen LogP contribution < -0.4 is 5.32 Å². The van der Waals surface area contributed by atoms with Crippen molar-refractivity contribution < 1.29 is 14.3 Å². The van der Waals surface area contributed by atoms with E-state index in [2.05, 4.69) is 16.4 Å². The summed E-state index contributed by atoms with van der Waals surface area (Å²) in [6.07, 6.45) is -0.539. The number of carbonyl (C=O) groups is 2. The maximum absolute atomic E-state index is 12.2. The van der Waals surface area contributed by atoms with E-state index in [1.165, 1.54) is 28.8 Å². The molecule has 26 heavy (non-hydrogen) atoms. The second-order valence-electron chi connectivity index (χ2n) is 7.24. The largest absolute Gasteiger partial charge is 0.444 e. The molecular weight excluding hydrogens is 350 g/mol. The number of aromatic nitrogens is 1. The number of nitrogens with one attached hydrogen (secondary N) is 1. The summed E-state index contributed by atoms with van der Waals surface area (Å²) >= 11 is 1.35. The van der Waals surface area contributed by atoms with Gasteiger partial charge < -0.3 is 15.0 Å². The monoisotopic (exact) mass is 375 g/mol. The first-order chi connectivity index (χ1) is 12.0. The van der Waals surface area contributed by atoms with E-state index >= 15 is 0 Å². The van der Waals surface area contributed by atoms with E-state index in [9.17, 15) is 9.59 Å². The first kappa shape index (κ1) is 19.9. The molecule has 6 nitrogen and oxygen atoms in total. The van der Waals surface area contributed by atoms with Gasteiger partial charge in [-0.1, -0.05) is 23.8 Å². The van der Waals surface area contributed by atoms with Gasteiger partial charge in [-0.25, -0.2) is 9.78 Å². The SMILES string of the molecule is Cc1ccc(-c2csc(NC(=O)CN(C)C(=O)OC(C)(C)C)n2)c(C)c1. The number of amides is 2. The van der Waals surface area contributed by atoms with Gasteiger partial charge in [-0.2, -0.15) is 0 Å².